The van der Waals surface area contributed by atoms with Gasteiger partial charge >= 0.3 is 0 Å². The van der Waals surface area contributed by atoms with Gasteiger partial charge in [0.2, 0.25) is 0 Å². The Balaban J connectivity index is 2.38. The van der Waals surface area contributed by atoms with E-state index in [4.69, 9.17) is 22.7 Å². The first-order valence-electron chi connectivity index (χ1n) is 5.83. The second-order valence-electron chi connectivity index (χ2n) is 4.06. The highest BCUT2D eigenvalue weighted by atomic mass is 35.5. The van der Waals surface area contributed by atoms with E-state index in [0.717, 1.165) is 6.07 Å². The van der Waals surface area contributed by atoms with Crippen molar-refractivity contribution in [3.8, 4) is 6.07 Å². The minimum atomic E-state index is -0.710. The van der Waals surface area contributed by atoms with Gasteiger partial charge in [-0.05, 0) is 30.3 Å². The number of hydrogen-bond donors (Lipinski definition) is 3. The van der Waals surface area contributed by atoms with Crippen molar-refractivity contribution < 1.29 is 9.18 Å². The zero-order valence-corrected chi connectivity index (χ0v) is 11.4. The number of nitrogens with zero attached hydrogens (tertiary/aromatic N) is 1. The van der Waals surface area contributed by atoms with Gasteiger partial charge in [-0.2, -0.15) is 5.26 Å². The van der Waals surface area contributed by atoms with E-state index in [2.05, 4.69) is 10.7 Å². The average Bonchev–Trinajstić information content (AvgIpc) is 2.47. The normalized spacial score (nSPS) is 9.81. The molecule has 106 valence electrons. The lowest BCUT2D eigenvalue weighted by molar-refractivity contribution is 0.102. The van der Waals surface area contributed by atoms with Crippen molar-refractivity contribution in [3.05, 3.63) is 58.4 Å². The number of nitrogens with two attached hydrogens (primary N) is 1. The Labute approximate surface area is 125 Å². The van der Waals surface area contributed by atoms with Crippen molar-refractivity contribution in [3.63, 3.8) is 0 Å². The Morgan fingerprint density at radius 3 is 2.71 bits per heavy atom. The topological polar surface area (TPSA) is 90.9 Å². The summed E-state index contributed by atoms with van der Waals surface area (Å²) in [6.45, 7) is 0. The lowest BCUT2D eigenvalue weighted by Crippen LogP contribution is -2.18. The van der Waals surface area contributed by atoms with Gasteiger partial charge < -0.3 is 10.7 Å². The molecule has 5 nitrogen and oxygen atoms in total. The van der Waals surface area contributed by atoms with E-state index < -0.39 is 11.7 Å². The molecule has 0 bridgehead atoms. The van der Waals surface area contributed by atoms with Crippen LogP contribution in [-0.2, 0) is 0 Å². The Kier molecular flexibility index (Phi) is 4.38. The number of nitriles is 1. The molecule has 2 rings (SSSR count). The van der Waals surface area contributed by atoms with E-state index in [1.807, 2.05) is 0 Å². The van der Waals surface area contributed by atoms with E-state index >= 15 is 0 Å². The number of hydrogen-bond acceptors (Lipinski definition) is 4. The maximum Gasteiger partial charge on any atom is 0.257 e. The molecule has 0 atom stereocenters. The van der Waals surface area contributed by atoms with Crippen LogP contribution in [0.2, 0.25) is 5.02 Å². The second-order valence-corrected chi connectivity index (χ2v) is 4.50. The fourth-order valence-electron chi connectivity index (χ4n) is 1.76. The Bertz CT molecular complexity index is 742. The average molecular weight is 305 g/mol. The van der Waals surface area contributed by atoms with Crippen molar-refractivity contribution in [1.29, 1.82) is 5.26 Å². The highest BCUT2D eigenvalue weighted by Gasteiger charge is 2.15. The summed E-state index contributed by atoms with van der Waals surface area (Å²) in [6.07, 6.45) is 0. The van der Waals surface area contributed by atoms with E-state index in [9.17, 15) is 9.18 Å². The molecule has 0 aliphatic carbocycles. The summed E-state index contributed by atoms with van der Waals surface area (Å²) in [5.41, 5.74) is 2.74. The molecule has 0 aliphatic rings. The Morgan fingerprint density at radius 2 is 2.05 bits per heavy atom. The first-order chi connectivity index (χ1) is 10.1. The zero-order chi connectivity index (χ0) is 15.4. The SMILES string of the molecule is N#Cc1c(F)cccc1NC(=O)c1cc(Cl)ccc1NN. The van der Waals surface area contributed by atoms with Crippen LogP contribution in [0.1, 0.15) is 15.9 Å². The second kappa shape index (κ2) is 6.22. The lowest BCUT2D eigenvalue weighted by Gasteiger charge is -2.11. The molecule has 0 heterocycles. The molecule has 0 radical (unpaired) electrons. The first-order valence-corrected chi connectivity index (χ1v) is 6.20. The number of benzene rings is 2. The summed E-state index contributed by atoms with van der Waals surface area (Å²) in [7, 11) is 0. The number of hydrazine groups is 1. The number of rotatable bonds is 3. The maximum absolute atomic E-state index is 13.5. The molecule has 4 N–H and O–H groups in total. The summed E-state index contributed by atoms with van der Waals surface area (Å²) in [4.78, 5) is 12.2. The molecular weight excluding hydrogens is 295 g/mol. The van der Waals surface area contributed by atoms with Gasteiger partial charge in [0, 0.05) is 5.02 Å². The van der Waals surface area contributed by atoms with E-state index in [-0.39, 0.29) is 16.8 Å². The van der Waals surface area contributed by atoms with Crippen LogP contribution in [0.3, 0.4) is 0 Å². The van der Waals surface area contributed by atoms with Gasteiger partial charge in [0.25, 0.3) is 5.91 Å². The third kappa shape index (κ3) is 3.11. The minimum Gasteiger partial charge on any atom is -0.323 e. The third-order valence-electron chi connectivity index (χ3n) is 2.76. The van der Waals surface area contributed by atoms with E-state index in [1.54, 1.807) is 12.1 Å². The van der Waals surface area contributed by atoms with Gasteiger partial charge in [-0.15, -0.1) is 0 Å². The van der Waals surface area contributed by atoms with Crippen LogP contribution in [0.4, 0.5) is 15.8 Å². The summed E-state index contributed by atoms with van der Waals surface area (Å²) in [5, 5.41) is 11.7. The molecular formula is C14H10ClFN4O. The molecule has 0 saturated carbocycles. The van der Waals surface area contributed by atoms with Crippen molar-refractivity contribution in [2.45, 2.75) is 0 Å². The molecule has 2 aromatic carbocycles. The van der Waals surface area contributed by atoms with Crippen LogP contribution in [0, 0.1) is 17.1 Å². The van der Waals surface area contributed by atoms with E-state index in [0.29, 0.717) is 10.7 Å². The predicted molar refractivity (Wildman–Crippen MR) is 78.3 cm³/mol. The molecule has 0 saturated heterocycles. The Morgan fingerprint density at radius 1 is 1.29 bits per heavy atom. The summed E-state index contributed by atoms with van der Waals surface area (Å²) >= 11 is 5.84. The summed E-state index contributed by atoms with van der Waals surface area (Å²) < 4.78 is 13.5. The maximum atomic E-state index is 13.5. The van der Waals surface area contributed by atoms with Gasteiger partial charge in [0.1, 0.15) is 17.4 Å². The molecule has 2 aromatic rings. The van der Waals surface area contributed by atoms with Crippen LogP contribution in [0.5, 0.6) is 0 Å². The molecule has 0 aliphatic heterocycles. The molecule has 0 unspecified atom stereocenters. The lowest BCUT2D eigenvalue weighted by atomic mass is 10.1. The minimum absolute atomic E-state index is 0.0745. The van der Waals surface area contributed by atoms with Gasteiger partial charge in [-0.25, -0.2) is 4.39 Å². The number of amides is 1. The number of nitrogen functional groups attached to an aromatic ring is 1. The van der Waals surface area contributed by atoms with Crippen LogP contribution in [-0.4, -0.2) is 5.91 Å². The highest BCUT2D eigenvalue weighted by Crippen LogP contribution is 2.23. The van der Waals surface area contributed by atoms with Crippen LogP contribution >= 0.6 is 11.6 Å². The van der Waals surface area contributed by atoms with Crippen LogP contribution < -0.4 is 16.6 Å². The smallest absolute Gasteiger partial charge is 0.257 e. The molecule has 21 heavy (non-hydrogen) atoms. The van der Waals surface area contributed by atoms with Crippen molar-refractivity contribution in [2.24, 2.45) is 5.84 Å². The molecule has 1 amide bonds. The fraction of sp³-hybridized carbons (Fsp3) is 0. The highest BCUT2D eigenvalue weighted by molar-refractivity contribution is 6.31. The zero-order valence-electron chi connectivity index (χ0n) is 10.7. The number of nitrogens with one attached hydrogen (secondary N) is 2. The van der Waals surface area contributed by atoms with Crippen molar-refractivity contribution in [2.75, 3.05) is 10.7 Å². The van der Waals surface area contributed by atoms with Crippen LogP contribution in [0.15, 0.2) is 36.4 Å². The molecule has 7 heteroatoms. The van der Waals surface area contributed by atoms with Gasteiger partial charge in [0.05, 0.1) is 16.9 Å². The monoisotopic (exact) mass is 304 g/mol. The predicted octanol–water partition coefficient (Wildman–Crippen LogP) is 2.89. The fourth-order valence-corrected chi connectivity index (χ4v) is 1.93. The van der Waals surface area contributed by atoms with E-state index in [1.165, 1.54) is 24.3 Å². The molecule has 0 spiro atoms. The van der Waals surface area contributed by atoms with Crippen molar-refractivity contribution >= 4 is 28.9 Å². The molecule has 0 aromatic heterocycles. The number of carbonyl (C=O) groups excluding carboxylic acids is 1. The number of halogens is 2. The Hall–Kier alpha value is -2.62. The van der Waals surface area contributed by atoms with Gasteiger partial charge in [-0.3, -0.25) is 10.6 Å². The number of anilines is 2. The standard InChI is InChI=1S/C14H10ClFN4O/c15-8-4-5-13(20-18)9(6-8)14(21)19-12-3-1-2-11(16)10(12)7-17/h1-6,20H,18H2,(H,19,21). The molecule has 0 fully saturated rings. The van der Waals surface area contributed by atoms with Crippen LogP contribution in [0.25, 0.3) is 0 Å². The quantitative estimate of drug-likeness (QED) is 0.600. The number of carbonyl (C=O) groups is 1. The summed E-state index contributed by atoms with van der Waals surface area (Å²) in [6, 6.07) is 10.2. The summed E-state index contributed by atoms with van der Waals surface area (Å²) in [5.74, 6) is 4.05. The largest absolute Gasteiger partial charge is 0.323 e. The first kappa shape index (κ1) is 14.8. The van der Waals surface area contributed by atoms with Gasteiger partial charge in [-0.1, -0.05) is 17.7 Å². The van der Waals surface area contributed by atoms with Crippen molar-refractivity contribution in [1.82, 2.24) is 0 Å². The third-order valence-corrected chi connectivity index (χ3v) is 2.99. The van der Waals surface area contributed by atoms with Gasteiger partial charge in [0.15, 0.2) is 0 Å².